The van der Waals surface area contributed by atoms with Crippen LogP contribution < -0.4 is 15.4 Å². The molecule has 0 aliphatic carbocycles. The number of amides is 2. The maximum Gasteiger partial charge on any atom is 0.265 e. The lowest BCUT2D eigenvalue weighted by atomic mass is 10.1. The number of halogens is 1. The molecule has 3 aromatic carbocycles. The molecule has 2 amide bonds. The molecule has 0 bridgehead atoms. The van der Waals surface area contributed by atoms with Gasteiger partial charge in [0, 0.05) is 11.3 Å². The van der Waals surface area contributed by atoms with E-state index in [0.717, 1.165) is 16.8 Å². The van der Waals surface area contributed by atoms with Crippen molar-refractivity contribution in [1.29, 1.82) is 0 Å². The lowest BCUT2D eigenvalue weighted by Crippen LogP contribution is -2.30. The van der Waals surface area contributed by atoms with E-state index in [2.05, 4.69) is 10.6 Å². The number of hydrogen-bond donors (Lipinski definition) is 2. The molecule has 1 unspecified atom stereocenters. The van der Waals surface area contributed by atoms with Gasteiger partial charge in [-0.2, -0.15) is 0 Å². The van der Waals surface area contributed by atoms with E-state index in [0.29, 0.717) is 22.0 Å². The van der Waals surface area contributed by atoms with Crippen molar-refractivity contribution in [2.75, 3.05) is 10.6 Å². The zero-order chi connectivity index (χ0) is 21.7. The van der Waals surface area contributed by atoms with E-state index in [1.165, 1.54) is 0 Å². The quantitative estimate of drug-likeness (QED) is 0.542. The number of anilines is 2. The molecule has 0 radical (unpaired) electrons. The van der Waals surface area contributed by atoms with Crippen molar-refractivity contribution in [2.24, 2.45) is 0 Å². The van der Waals surface area contributed by atoms with E-state index >= 15 is 0 Å². The van der Waals surface area contributed by atoms with E-state index < -0.39 is 6.10 Å². The molecule has 30 heavy (non-hydrogen) atoms. The molecule has 0 saturated heterocycles. The number of carbonyl (C=O) groups excluding carboxylic acids is 2. The number of para-hydroxylation sites is 1. The predicted molar refractivity (Wildman–Crippen MR) is 120 cm³/mol. The Bertz CT molecular complexity index is 1060. The van der Waals surface area contributed by atoms with Gasteiger partial charge in [0.2, 0.25) is 0 Å². The Morgan fingerprint density at radius 1 is 0.900 bits per heavy atom. The Labute approximate surface area is 181 Å². The number of hydrogen-bond acceptors (Lipinski definition) is 3. The first kappa shape index (κ1) is 21.4. The van der Waals surface area contributed by atoms with Crippen LogP contribution in [0.15, 0.2) is 66.7 Å². The van der Waals surface area contributed by atoms with Crippen LogP contribution in [0, 0.1) is 13.8 Å². The first-order chi connectivity index (χ1) is 14.3. The van der Waals surface area contributed by atoms with Crippen LogP contribution in [0.2, 0.25) is 5.02 Å². The van der Waals surface area contributed by atoms with Crippen molar-refractivity contribution in [2.45, 2.75) is 26.9 Å². The van der Waals surface area contributed by atoms with Crippen LogP contribution >= 0.6 is 11.6 Å². The summed E-state index contributed by atoms with van der Waals surface area (Å²) in [7, 11) is 0. The third-order valence-corrected chi connectivity index (χ3v) is 4.89. The molecule has 1 atom stereocenters. The molecule has 5 nitrogen and oxygen atoms in total. The molecule has 0 fully saturated rings. The number of nitrogens with one attached hydrogen (secondary N) is 2. The molecule has 0 aromatic heterocycles. The van der Waals surface area contributed by atoms with E-state index in [-0.39, 0.29) is 11.8 Å². The summed E-state index contributed by atoms with van der Waals surface area (Å²) in [6, 6.07) is 19.4. The average Bonchev–Trinajstić information content (AvgIpc) is 2.72. The summed E-state index contributed by atoms with van der Waals surface area (Å²) < 4.78 is 5.72. The zero-order valence-corrected chi connectivity index (χ0v) is 17.8. The summed E-state index contributed by atoms with van der Waals surface area (Å²) in [5, 5.41) is 6.11. The van der Waals surface area contributed by atoms with Crippen molar-refractivity contribution >= 4 is 34.8 Å². The smallest absolute Gasteiger partial charge is 0.265 e. The van der Waals surface area contributed by atoms with Gasteiger partial charge < -0.3 is 15.4 Å². The van der Waals surface area contributed by atoms with Crippen LogP contribution in [0.5, 0.6) is 5.75 Å². The molecule has 0 heterocycles. The van der Waals surface area contributed by atoms with Crippen LogP contribution in [0.1, 0.15) is 28.4 Å². The van der Waals surface area contributed by atoms with E-state index in [9.17, 15) is 9.59 Å². The number of benzene rings is 3. The van der Waals surface area contributed by atoms with Gasteiger partial charge in [0.25, 0.3) is 11.8 Å². The molecule has 0 saturated carbocycles. The molecule has 0 aliphatic heterocycles. The molecule has 2 N–H and O–H groups in total. The van der Waals surface area contributed by atoms with Crippen molar-refractivity contribution < 1.29 is 14.3 Å². The second-order valence-corrected chi connectivity index (χ2v) is 7.43. The van der Waals surface area contributed by atoms with Crippen molar-refractivity contribution in [3.8, 4) is 5.75 Å². The van der Waals surface area contributed by atoms with Crippen LogP contribution in [-0.4, -0.2) is 17.9 Å². The Morgan fingerprint density at radius 2 is 1.60 bits per heavy atom. The second-order valence-electron chi connectivity index (χ2n) is 7.03. The van der Waals surface area contributed by atoms with Crippen molar-refractivity contribution in [3.05, 3.63) is 88.4 Å². The highest BCUT2D eigenvalue weighted by molar-refractivity contribution is 6.33. The average molecular weight is 423 g/mol. The van der Waals surface area contributed by atoms with Crippen molar-refractivity contribution in [3.63, 3.8) is 0 Å². The fraction of sp³-hybridized carbons (Fsp3) is 0.167. The third kappa shape index (κ3) is 5.39. The number of carbonyl (C=O) groups is 2. The van der Waals surface area contributed by atoms with Gasteiger partial charge in [0.1, 0.15) is 5.75 Å². The Balaban J connectivity index is 1.59. The molecule has 0 spiro atoms. The summed E-state index contributed by atoms with van der Waals surface area (Å²) in [5.41, 5.74) is 3.88. The lowest BCUT2D eigenvalue weighted by molar-refractivity contribution is -0.122. The first-order valence-electron chi connectivity index (χ1n) is 9.54. The van der Waals surface area contributed by atoms with Gasteiger partial charge >= 0.3 is 0 Å². The Morgan fingerprint density at radius 3 is 2.27 bits per heavy atom. The lowest BCUT2D eigenvalue weighted by Gasteiger charge is -2.16. The van der Waals surface area contributed by atoms with Crippen LogP contribution in [0.25, 0.3) is 0 Å². The second kappa shape index (κ2) is 9.46. The molecular formula is C24H23ClN2O3. The van der Waals surface area contributed by atoms with Gasteiger partial charge in [-0.15, -0.1) is 0 Å². The fourth-order valence-corrected chi connectivity index (χ4v) is 3.07. The SMILES string of the molecule is Cc1ccc(NC(=O)C(C)Oc2ccc(C(=O)Nc3ccccc3Cl)cc2)c(C)c1. The van der Waals surface area contributed by atoms with E-state index in [1.54, 1.807) is 55.5 Å². The monoisotopic (exact) mass is 422 g/mol. The van der Waals surface area contributed by atoms with Gasteiger partial charge in [-0.3, -0.25) is 9.59 Å². The molecule has 6 heteroatoms. The zero-order valence-electron chi connectivity index (χ0n) is 17.0. The minimum Gasteiger partial charge on any atom is -0.481 e. The highest BCUT2D eigenvalue weighted by atomic mass is 35.5. The summed E-state index contributed by atoms with van der Waals surface area (Å²) in [5.74, 6) is -0.0367. The summed E-state index contributed by atoms with van der Waals surface area (Å²) in [6.07, 6.45) is -0.700. The highest BCUT2D eigenvalue weighted by Gasteiger charge is 2.16. The molecule has 3 aromatic rings. The molecular weight excluding hydrogens is 400 g/mol. The Kier molecular flexibility index (Phi) is 6.75. The topological polar surface area (TPSA) is 67.4 Å². The number of aryl methyl sites for hydroxylation is 2. The van der Waals surface area contributed by atoms with Crippen LogP contribution in [-0.2, 0) is 4.79 Å². The van der Waals surface area contributed by atoms with Gasteiger partial charge in [0.05, 0.1) is 10.7 Å². The van der Waals surface area contributed by atoms with Crippen LogP contribution in [0.4, 0.5) is 11.4 Å². The summed E-state index contributed by atoms with van der Waals surface area (Å²) in [4.78, 5) is 24.8. The third-order valence-electron chi connectivity index (χ3n) is 4.56. The van der Waals surface area contributed by atoms with E-state index in [1.807, 2.05) is 32.0 Å². The largest absolute Gasteiger partial charge is 0.481 e. The van der Waals surface area contributed by atoms with Crippen LogP contribution in [0.3, 0.4) is 0 Å². The number of rotatable bonds is 6. The van der Waals surface area contributed by atoms with Gasteiger partial charge in [-0.1, -0.05) is 41.4 Å². The molecule has 154 valence electrons. The maximum atomic E-state index is 12.5. The predicted octanol–water partition coefficient (Wildman–Crippen LogP) is 5.62. The van der Waals surface area contributed by atoms with Gasteiger partial charge in [-0.25, -0.2) is 0 Å². The van der Waals surface area contributed by atoms with Gasteiger partial charge in [0.15, 0.2) is 6.10 Å². The molecule has 0 aliphatic rings. The first-order valence-corrected chi connectivity index (χ1v) is 9.92. The highest BCUT2D eigenvalue weighted by Crippen LogP contribution is 2.22. The Hall–Kier alpha value is -3.31. The van der Waals surface area contributed by atoms with Crippen molar-refractivity contribution in [1.82, 2.24) is 0 Å². The minimum atomic E-state index is -0.700. The van der Waals surface area contributed by atoms with E-state index in [4.69, 9.17) is 16.3 Å². The number of ether oxygens (including phenoxy) is 1. The summed E-state index contributed by atoms with van der Waals surface area (Å²) >= 11 is 6.07. The normalized spacial score (nSPS) is 11.5. The van der Waals surface area contributed by atoms with Gasteiger partial charge in [-0.05, 0) is 68.8 Å². The molecule has 3 rings (SSSR count). The summed E-state index contributed by atoms with van der Waals surface area (Å²) in [6.45, 7) is 5.63. The minimum absolute atomic E-state index is 0.248. The fourth-order valence-electron chi connectivity index (χ4n) is 2.89. The maximum absolute atomic E-state index is 12.5. The standard InChI is InChI=1S/C24H23ClN2O3/c1-15-8-13-21(16(2)14-15)26-23(28)17(3)30-19-11-9-18(10-12-19)24(29)27-22-7-5-4-6-20(22)25/h4-14,17H,1-3H3,(H,26,28)(H,27,29).